The van der Waals surface area contributed by atoms with Gasteiger partial charge in [-0.25, -0.2) is 4.98 Å². The topological polar surface area (TPSA) is 213 Å². The fourth-order valence-corrected chi connectivity index (χ4v) is 3.17. The number of nitrogens with zero attached hydrogens (tertiary/aromatic N) is 4. The lowest BCUT2D eigenvalue weighted by Gasteiger charge is -2.08. The van der Waals surface area contributed by atoms with E-state index in [9.17, 15) is 30.3 Å². The van der Waals surface area contributed by atoms with Gasteiger partial charge in [-0.15, -0.1) is 5.11 Å². The molecule has 0 aliphatic heterocycles. The van der Waals surface area contributed by atoms with E-state index < -0.39 is 23.2 Å². The number of aromatic amines is 1. The summed E-state index contributed by atoms with van der Waals surface area (Å²) in [7, 11) is 3.42. The Hall–Kier alpha value is -4.37. The van der Waals surface area contributed by atoms with Gasteiger partial charge in [0.2, 0.25) is 5.82 Å². The maximum atomic E-state index is 10.8. The molecule has 0 unspecified atom stereocenters. The zero-order valence-corrected chi connectivity index (χ0v) is 21.9. The van der Waals surface area contributed by atoms with E-state index >= 15 is 0 Å². The highest BCUT2D eigenvalue weighted by Gasteiger charge is 2.10. The van der Waals surface area contributed by atoms with Gasteiger partial charge >= 0.3 is 0 Å². The van der Waals surface area contributed by atoms with Gasteiger partial charge in [0, 0.05) is 20.6 Å². The third kappa shape index (κ3) is 8.66. The number of primary amides is 1. The number of nitrogens with two attached hydrogens (primary N) is 1. The van der Waals surface area contributed by atoms with E-state index in [-0.39, 0.29) is 29.6 Å². The van der Waals surface area contributed by atoms with Gasteiger partial charge in [0.15, 0.2) is 34.4 Å². The molecule has 3 rings (SSSR count). The lowest BCUT2D eigenvalue weighted by atomic mass is 10.1. The first-order valence-electron chi connectivity index (χ1n) is 10.2. The highest BCUT2D eigenvalue weighted by atomic mass is 79.9. The number of hydrogen-bond donors (Lipinski definition) is 8. The van der Waals surface area contributed by atoms with E-state index in [1.165, 1.54) is 29.5 Å². The van der Waals surface area contributed by atoms with Crippen LogP contribution >= 0.6 is 28.1 Å². The lowest BCUT2D eigenvalue weighted by molar-refractivity contribution is 0.0996. The van der Waals surface area contributed by atoms with Crippen molar-refractivity contribution in [2.24, 2.45) is 16.1 Å². The predicted molar refractivity (Wildman–Crippen MR) is 143 cm³/mol. The molecule has 0 bridgehead atoms. The predicted octanol–water partition coefficient (Wildman–Crippen LogP) is 3.18. The van der Waals surface area contributed by atoms with Crippen molar-refractivity contribution in [2.75, 3.05) is 14.1 Å². The Morgan fingerprint density at radius 1 is 1.14 bits per heavy atom. The van der Waals surface area contributed by atoms with Crippen LogP contribution < -0.4 is 11.1 Å². The molecule has 0 spiro atoms. The number of hydrogen-bond acceptors (Lipinski definition) is 10. The summed E-state index contributed by atoms with van der Waals surface area (Å²) in [5.74, 6) is -2.31. The van der Waals surface area contributed by atoms with Crippen LogP contribution in [0.25, 0.3) is 6.08 Å². The Bertz CT molecular complexity index is 1300. The van der Waals surface area contributed by atoms with Gasteiger partial charge in [0.05, 0.1) is 15.8 Å². The molecule has 196 valence electrons. The number of thiocarbonyl (C=S) groups is 1. The Labute approximate surface area is 224 Å². The summed E-state index contributed by atoms with van der Waals surface area (Å²) in [6, 6.07) is 5.62. The van der Waals surface area contributed by atoms with Crippen molar-refractivity contribution in [3.8, 4) is 28.7 Å². The van der Waals surface area contributed by atoms with Gasteiger partial charge in [-0.05, 0) is 57.4 Å². The molecule has 37 heavy (non-hydrogen) atoms. The van der Waals surface area contributed by atoms with Crippen molar-refractivity contribution in [2.45, 2.75) is 6.54 Å². The van der Waals surface area contributed by atoms with E-state index in [4.69, 9.17) is 18.0 Å². The molecule has 1 amide bonds. The molecule has 0 radical (unpaired) electrons. The SMILES string of the molecule is CN(C)/N=N/c1nc[nH]c1C(N)=O.Oc1cc(CNC(=S)/C=C/c2cc(O)c(O)c(Br)c2)cc(O)c1O. The van der Waals surface area contributed by atoms with Crippen LogP contribution in [0.15, 0.2) is 51.5 Å². The van der Waals surface area contributed by atoms with Crippen LogP contribution in [0, 0.1) is 0 Å². The van der Waals surface area contributed by atoms with Crippen molar-refractivity contribution in [1.82, 2.24) is 20.3 Å². The first-order chi connectivity index (χ1) is 17.4. The van der Waals surface area contributed by atoms with Gasteiger partial charge in [-0.1, -0.05) is 23.5 Å². The van der Waals surface area contributed by atoms with E-state index in [1.54, 1.807) is 32.3 Å². The van der Waals surface area contributed by atoms with E-state index in [0.29, 0.717) is 20.6 Å². The second kappa shape index (κ2) is 13.1. The van der Waals surface area contributed by atoms with Gasteiger partial charge in [0.25, 0.3) is 5.91 Å². The molecule has 0 atom stereocenters. The molecule has 13 nitrogen and oxygen atoms in total. The molecular weight excluding hydrogens is 570 g/mol. The molecular formula is C22H24BrN7O6S. The third-order valence-electron chi connectivity index (χ3n) is 4.27. The Morgan fingerprint density at radius 2 is 1.76 bits per heavy atom. The summed E-state index contributed by atoms with van der Waals surface area (Å²) >= 11 is 8.26. The number of H-pyrrole nitrogens is 1. The number of carbonyl (C=O) groups excluding carboxylic acids is 1. The first kappa shape index (κ1) is 28.9. The summed E-state index contributed by atoms with van der Waals surface area (Å²) in [6.07, 6.45) is 4.57. The molecule has 1 aromatic heterocycles. The fourth-order valence-electron chi connectivity index (χ4n) is 2.56. The number of rotatable bonds is 7. The summed E-state index contributed by atoms with van der Waals surface area (Å²) in [6.45, 7) is 0.231. The average molecular weight is 594 g/mol. The Morgan fingerprint density at radius 3 is 2.32 bits per heavy atom. The molecule has 0 fully saturated rings. The molecule has 1 heterocycles. The summed E-state index contributed by atoms with van der Waals surface area (Å²) in [5, 5.41) is 58.9. The smallest absolute Gasteiger partial charge is 0.269 e. The summed E-state index contributed by atoms with van der Waals surface area (Å²) in [5.41, 5.74) is 6.36. The number of aromatic hydroxyl groups is 5. The van der Waals surface area contributed by atoms with Crippen molar-refractivity contribution in [3.63, 3.8) is 0 Å². The number of phenols is 5. The van der Waals surface area contributed by atoms with Gasteiger partial charge < -0.3 is 41.6 Å². The molecule has 0 aliphatic rings. The molecule has 0 saturated heterocycles. The van der Waals surface area contributed by atoms with Crippen molar-refractivity contribution in [1.29, 1.82) is 0 Å². The monoisotopic (exact) mass is 593 g/mol. The van der Waals surface area contributed by atoms with Crippen LogP contribution in [-0.4, -0.2) is 65.5 Å². The van der Waals surface area contributed by atoms with Crippen LogP contribution in [0.3, 0.4) is 0 Å². The summed E-state index contributed by atoms with van der Waals surface area (Å²) in [4.78, 5) is 17.5. The van der Waals surface area contributed by atoms with Gasteiger partial charge in [-0.2, -0.15) is 0 Å². The normalized spacial score (nSPS) is 10.8. The number of nitrogens with one attached hydrogen (secondary N) is 2. The Balaban J connectivity index is 0.000000312. The average Bonchev–Trinajstić information content (AvgIpc) is 3.31. The fraction of sp³-hybridized carbons (Fsp3) is 0.136. The van der Waals surface area contributed by atoms with E-state index in [2.05, 4.69) is 41.6 Å². The summed E-state index contributed by atoms with van der Waals surface area (Å²) < 4.78 is 0.357. The molecule has 2 aromatic carbocycles. The van der Waals surface area contributed by atoms with Gasteiger partial charge in [-0.3, -0.25) is 9.80 Å². The number of carbonyl (C=O) groups is 1. The number of amides is 1. The minimum absolute atomic E-state index is 0.158. The van der Waals surface area contributed by atoms with Gasteiger partial charge in [0.1, 0.15) is 0 Å². The van der Waals surface area contributed by atoms with Crippen LogP contribution in [0.4, 0.5) is 5.82 Å². The number of benzene rings is 2. The van der Waals surface area contributed by atoms with Crippen molar-refractivity contribution in [3.05, 3.63) is 58.0 Å². The van der Waals surface area contributed by atoms with E-state index in [0.717, 1.165) is 0 Å². The number of phenolic OH excluding ortho intramolecular Hbond substituents is 5. The molecule has 9 N–H and O–H groups in total. The molecule has 3 aromatic rings. The zero-order valence-electron chi connectivity index (χ0n) is 19.5. The highest BCUT2D eigenvalue weighted by Crippen LogP contribution is 2.36. The number of aromatic nitrogens is 2. The number of imidazole rings is 1. The molecule has 15 heteroatoms. The quantitative estimate of drug-likeness (QED) is 0.0658. The standard InChI is InChI=1S/C16H14BrNO5S.C6H10N6O/c17-10-3-8(4-11(19)15(10)22)1-2-14(24)18-7-9-5-12(20)16(23)13(21)6-9;1-12(2)11-10-6-4(5(7)13)8-3-9-6/h1-6,19-23H,7H2,(H,18,24);3H,1-2H3,(H2,7,13)(H,8,9)/b2-1+;11-10+. The van der Waals surface area contributed by atoms with Crippen molar-refractivity contribution >= 4 is 50.9 Å². The molecule has 0 aliphatic carbocycles. The largest absolute Gasteiger partial charge is 0.504 e. The Kier molecular flexibility index (Phi) is 10.2. The third-order valence-corrected chi connectivity index (χ3v) is 5.16. The van der Waals surface area contributed by atoms with Crippen LogP contribution in [0.1, 0.15) is 21.6 Å². The van der Waals surface area contributed by atoms with Crippen LogP contribution in [0.2, 0.25) is 0 Å². The zero-order chi connectivity index (χ0) is 27.7. The first-order valence-corrected chi connectivity index (χ1v) is 11.4. The maximum Gasteiger partial charge on any atom is 0.269 e. The second-order valence-electron chi connectivity index (χ2n) is 7.41. The number of halogens is 1. The minimum atomic E-state index is -0.606. The second-order valence-corrected chi connectivity index (χ2v) is 8.70. The van der Waals surface area contributed by atoms with Crippen molar-refractivity contribution < 1.29 is 30.3 Å². The highest BCUT2D eigenvalue weighted by molar-refractivity contribution is 9.10. The lowest BCUT2D eigenvalue weighted by Crippen LogP contribution is -2.18. The van der Waals surface area contributed by atoms with Crippen LogP contribution in [-0.2, 0) is 6.54 Å². The minimum Gasteiger partial charge on any atom is -0.504 e. The van der Waals surface area contributed by atoms with Crippen LogP contribution in [0.5, 0.6) is 28.7 Å². The molecule has 0 saturated carbocycles. The van der Waals surface area contributed by atoms with E-state index in [1.807, 2.05) is 0 Å². The maximum absolute atomic E-state index is 10.8.